The van der Waals surface area contributed by atoms with Crippen LogP contribution < -0.4 is 4.90 Å². The summed E-state index contributed by atoms with van der Waals surface area (Å²) in [5.74, 6) is 0.279. The first kappa shape index (κ1) is 22.7. The summed E-state index contributed by atoms with van der Waals surface area (Å²) in [6.45, 7) is 12.6. The first-order chi connectivity index (χ1) is 14.1. The Bertz CT molecular complexity index is 808. The number of rotatable bonds is 4. The summed E-state index contributed by atoms with van der Waals surface area (Å²) in [5.41, 5.74) is 0.742. The molecule has 0 aromatic carbocycles. The van der Waals surface area contributed by atoms with E-state index in [1.807, 2.05) is 34.0 Å². The molecule has 3 heterocycles. The van der Waals surface area contributed by atoms with Crippen LogP contribution >= 0.6 is 11.8 Å². The van der Waals surface area contributed by atoms with Crippen molar-refractivity contribution in [2.75, 3.05) is 43.9 Å². The van der Waals surface area contributed by atoms with Crippen molar-refractivity contribution in [3.05, 3.63) is 11.3 Å². The molecule has 1 aromatic rings. The van der Waals surface area contributed by atoms with Gasteiger partial charge in [0.2, 0.25) is 0 Å². The zero-order valence-electron chi connectivity index (χ0n) is 18.8. The third kappa shape index (κ3) is 4.82. The maximum atomic E-state index is 12.6. The Morgan fingerprint density at radius 3 is 2.33 bits per heavy atom. The number of aromatic nitrogens is 2. The number of hydrogen-bond acceptors (Lipinski definition) is 8. The van der Waals surface area contributed by atoms with Crippen LogP contribution in [0.3, 0.4) is 0 Å². The van der Waals surface area contributed by atoms with Crippen molar-refractivity contribution in [2.24, 2.45) is 5.41 Å². The van der Waals surface area contributed by atoms with Crippen molar-refractivity contribution in [3.8, 4) is 0 Å². The van der Waals surface area contributed by atoms with Crippen molar-refractivity contribution in [1.82, 2.24) is 14.9 Å². The zero-order valence-corrected chi connectivity index (χ0v) is 19.6. The van der Waals surface area contributed by atoms with E-state index in [0.717, 1.165) is 39.0 Å². The van der Waals surface area contributed by atoms with E-state index >= 15 is 0 Å². The van der Waals surface area contributed by atoms with Crippen LogP contribution in [0.1, 0.15) is 56.6 Å². The van der Waals surface area contributed by atoms with Crippen LogP contribution in [-0.2, 0) is 9.47 Å². The van der Waals surface area contributed by atoms with Gasteiger partial charge in [0, 0.05) is 31.6 Å². The van der Waals surface area contributed by atoms with Gasteiger partial charge in [-0.3, -0.25) is 0 Å². The van der Waals surface area contributed by atoms with E-state index < -0.39 is 5.60 Å². The van der Waals surface area contributed by atoms with Gasteiger partial charge in [0.1, 0.15) is 17.0 Å². The molecule has 1 amide bonds. The van der Waals surface area contributed by atoms with E-state index in [1.54, 1.807) is 11.8 Å². The van der Waals surface area contributed by atoms with Gasteiger partial charge in [-0.1, -0.05) is 11.8 Å². The highest BCUT2D eigenvalue weighted by Gasteiger charge is 2.48. The predicted molar refractivity (Wildman–Crippen MR) is 116 cm³/mol. The third-order valence-electron chi connectivity index (χ3n) is 5.54. The Kier molecular flexibility index (Phi) is 6.50. The summed E-state index contributed by atoms with van der Waals surface area (Å²) in [4.78, 5) is 37.8. The summed E-state index contributed by atoms with van der Waals surface area (Å²) in [6, 6.07) is 0. The van der Waals surface area contributed by atoms with Gasteiger partial charge in [-0.05, 0) is 53.7 Å². The predicted octanol–water partition coefficient (Wildman–Crippen LogP) is 3.52. The Hall–Kier alpha value is -2.03. The number of likely N-dealkylation sites (tertiary alicyclic amines) is 1. The van der Waals surface area contributed by atoms with Gasteiger partial charge in [0.15, 0.2) is 5.16 Å². The lowest BCUT2D eigenvalue weighted by molar-refractivity contribution is -0.0435. The SMILES string of the molecule is CCOC(=O)c1c(C)nc(SC)nc1N1CCC2(CC1)CN(C(=O)OC(C)(C)C)C2. The Labute approximate surface area is 182 Å². The standard InChI is InChI=1S/C21H32N4O4S/c1-7-28-17(26)15-14(2)22-18(30-6)23-16(15)24-10-8-21(9-11-24)12-25(13-21)19(27)29-20(3,4)5/h7-13H2,1-6H3. The van der Waals surface area contributed by atoms with Crippen LogP contribution in [0.2, 0.25) is 0 Å². The molecule has 0 saturated carbocycles. The second kappa shape index (κ2) is 8.61. The first-order valence-corrected chi connectivity index (χ1v) is 11.6. The maximum Gasteiger partial charge on any atom is 0.410 e. The number of piperidine rings is 1. The highest BCUT2D eigenvalue weighted by atomic mass is 32.2. The molecular weight excluding hydrogens is 404 g/mol. The van der Waals surface area contributed by atoms with Gasteiger partial charge in [-0.15, -0.1) is 0 Å². The molecule has 2 aliphatic rings. The number of aryl methyl sites for hydroxylation is 1. The summed E-state index contributed by atoms with van der Waals surface area (Å²) < 4.78 is 10.7. The van der Waals surface area contributed by atoms with Crippen LogP contribution in [0.25, 0.3) is 0 Å². The van der Waals surface area contributed by atoms with Gasteiger partial charge in [0.25, 0.3) is 0 Å². The van der Waals surface area contributed by atoms with Gasteiger partial charge in [0.05, 0.1) is 12.3 Å². The summed E-state index contributed by atoms with van der Waals surface area (Å²) in [7, 11) is 0. The molecule has 1 spiro atoms. The van der Waals surface area contributed by atoms with Crippen LogP contribution in [0.4, 0.5) is 10.6 Å². The van der Waals surface area contributed by atoms with Crippen molar-refractivity contribution in [3.63, 3.8) is 0 Å². The lowest BCUT2D eigenvalue weighted by Gasteiger charge is -2.53. The molecule has 2 aliphatic heterocycles. The molecule has 3 rings (SSSR count). The summed E-state index contributed by atoms with van der Waals surface area (Å²) >= 11 is 1.46. The average molecular weight is 437 g/mol. The van der Waals surface area contributed by atoms with Crippen LogP contribution in [0, 0.1) is 12.3 Å². The van der Waals surface area contributed by atoms with E-state index in [-0.39, 0.29) is 17.5 Å². The molecule has 0 unspecified atom stereocenters. The highest BCUT2D eigenvalue weighted by Crippen LogP contribution is 2.42. The molecule has 0 radical (unpaired) electrons. The smallest absolute Gasteiger partial charge is 0.410 e. The molecule has 1 aromatic heterocycles. The molecule has 166 valence electrons. The average Bonchev–Trinajstić information content (AvgIpc) is 2.64. The topological polar surface area (TPSA) is 84.9 Å². The number of ether oxygens (including phenoxy) is 2. The Morgan fingerprint density at radius 1 is 1.17 bits per heavy atom. The molecule has 0 aliphatic carbocycles. The van der Waals surface area contributed by atoms with Gasteiger partial charge in [-0.2, -0.15) is 0 Å². The number of carbonyl (C=O) groups excluding carboxylic acids is 2. The van der Waals surface area contributed by atoms with E-state index in [2.05, 4.69) is 14.9 Å². The van der Waals surface area contributed by atoms with Crippen molar-refractivity contribution in [2.45, 2.75) is 58.2 Å². The summed E-state index contributed by atoms with van der Waals surface area (Å²) in [5, 5.41) is 0.649. The molecule has 0 atom stereocenters. The molecule has 0 N–H and O–H groups in total. The van der Waals surface area contributed by atoms with Crippen LogP contribution in [-0.4, -0.2) is 71.6 Å². The lowest BCUT2D eigenvalue weighted by atomic mass is 9.72. The van der Waals surface area contributed by atoms with E-state index in [0.29, 0.717) is 28.8 Å². The molecule has 30 heavy (non-hydrogen) atoms. The molecule has 9 heteroatoms. The Balaban J connectivity index is 1.69. The number of amides is 1. The third-order valence-corrected chi connectivity index (χ3v) is 6.09. The van der Waals surface area contributed by atoms with Crippen LogP contribution in [0.15, 0.2) is 5.16 Å². The number of esters is 1. The number of nitrogens with zero attached hydrogens (tertiary/aromatic N) is 4. The number of hydrogen-bond donors (Lipinski definition) is 0. The zero-order chi connectivity index (χ0) is 22.1. The fourth-order valence-electron chi connectivity index (χ4n) is 4.02. The lowest BCUT2D eigenvalue weighted by Crippen LogP contribution is -2.62. The van der Waals surface area contributed by atoms with Crippen molar-refractivity contribution in [1.29, 1.82) is 0 Å². The minimum absolute atomic E-state index is 0.127. The fourth-order valence-corrected chi connectivity index (χ4v) is 4.43. The minimum atomic E-state index is -0.480. The molecule has 0 bridgehead atoms. The number of thioether (sulfide) groups is 1. The van der Waals surface area contributed by atoms with Gasteiger partial charge >= 0.3 is 12.1 Å². The number of carbonyl (C=O) groups is 2. The molecular formula is C21H32N4O4S. The normalized spacial score (nSPS) is 18.2. The van der Waals surface area contributed by atoms with Crippen molar-refractivity contribution < 1.29 is 19.1 Å². The first-order valence-electron chi connectivity index (χ1n) is 10.4. The quantitative estimate of drug-likeness (QED) is 0.403. The van der Waals surface area contributed by atoms with E-state index in [4.69, 9.17) is 9.47 Å². The maximum absolute atomic E-state index is 12.6. The minimum Gasteiger partial charge on any atom is -0.462 e. The fraction of sp³-hybridized carbons (Fsp3) is 0.714. The molecule has 2 fully saturated rings. The number of anilines is 1. The second-order valence-corrected chi connectivity index (χ2v) is 9.81. The monoisotopic (exact) mass is 436 g/mol. The van der Waals surface area contributed by atoms with E-state index in [9.17, 15) is 9.59 Å². The van der Waals surface area contributed by atoms with Crippen LogP contribution in [0.5, 0.6) is 0 Å². The second-order valence-electron chi connectivity index (χ2n) is 9.04. The van der Waals surface area contributed by atoms with Crippen molar-refractivity contribution >= 4 is 29.6 Å². The molecule has 8 nitrogen and oxygen atoms in total. The van der Waals surface area contributed by atoms with E-state index in [1.165, 1.54) is 11.8 Å². The Morgan fingerprint density at radius 2 is 1.80 bits per heavy atom. The molecule has 2 saturated heterocycles. The van der Waals surface area contributed by atoms with Gasteiger partial charge < -0.3 is 19.3 Å². The largest absolute Gasteiger partial charge is 0.462 e. The summed E-state index contributed by atoms with van der Waals surface area (Å²) in [6.07, 6.45) is 3.56. The highest BCUT2D eigenvalue weighted by molar-refractivity contribution is 7.98. The van der Waals surface area contributed by atoms with Gasteiger partial charge in [-0.25, -0.2) is 19.6 Å².